The molecular weight excluding hydrogens is 612 g/mol. The number of nitrogens with one attached hydrogen (secondary N) is 1. The summed E-state index contributed by atoms with van der Waals surface area (Å²) in [6.07, 6.45) is 5.34. The lowest BCUT2D eigenvalue weighted by atomic mass is 9.97. The van der Waals surface area contributed by atoms with E-state index in [1.165, 1.54) is 20.3 Å². The number of carbonyl (C=O) groups is 1. The van der Waals surface area contributed by atoms with E-state index in [9.17, 15) is 18.3 Å². The number of fused-ring (bicyclic) bond motifs is 4. The van der Waals surface area contributed by atoms with Crippen molar-refractivity contribution in [2.45, 2.75) is 43.8 Å². The van der Waals surface area contributed by atoms with Crippen LogP contribution in [-0.2, 0) is 17.3 Å². The summed E-state index contributed by atoms with van der Waals surface area (Å²) >= 11 is 10.4. The Bertz CT molecular complexity index is 1740. The van der Waals surface area contributed by atoms with Crippen LogP contribution in [0.3, 0.4) is 0 Å². The van der Waals surface area contributed by atoms with E-state index in [1.54, 1.807) is 4.68 Å². The van der Waals surface area contributed by atoms with Crippen LogP contribution in [0.15, 0.2) is 29.1 Å². The largest absolute Gasteiger partial charge is 0.465 e. The van der Waals surface area contributed by atoms with Gasteiger partial charge in [0.05, 0.1) is 10.5 Å². The van der Waals surface area contributed by atoms with Crippen molar-refractivity contribution in [1.82, 2.24) is 33.3 Å². The van der Waals surface area contributed by atoms with Crippen LogP contribution in [0.2, 0.25) is 5.02 Å². The molecule has 1 aromatic carbocycles. The van der Waals surface area contributed by atoms with Gasteiger partial charge in [0.2, 0.25) is 0 Å². The van der Waals surface area contributed by atoms with Crippen molar-refractivity contribution in [3.63, 3.8) is 0 Å². The molecule has 0 radical (unpaired) electrons. The first-order valence-electron chi connectivity index (χ1n) is 12.4. The lowest BCUT2D eigenvalue weighted by Crippen LogP contribution is -2.50. The van der Waals surface area contributed by atoms with Crippen LogP contribution in [0.4, 0.5) is 10.6 Å². The predicted molar refractivity (Wildman–Crippen MR) is 151 cm³/mol. The number of anilines is 1. The van der Waals surface area contributed by atoms with Crippen LogP contribution in [0, 0.1) is 0 Å². The standard InChI is InChI=1S/C24H26BrClN8O4S/c1-31(2)39(37,38)33-11-16(15-6-7-18-17(19(15)26)10-32(3)30-18)20-22(33)29-23(21(25)28-20)34-13-4-5-14(34)9-12(8-13)27-24(35)36/h6-7,10-14,27H,4-5,8-9H2,1-3H3,(H,35,36)/t12?,13-,14+. The van der Waals surface area contributed by atoms with Gasteiger partial charge in [0.15, 0.2) is 11.5 Å². The molecule has 1 unspecified atom stereocenters. The average Bonchev–Trinajstić information content (AvgIpc) is 3.50. The van der Waals surface area contributed by atoms with E-state index < -0.39 is 16.3 Å². The smallest absolute Gasteiger partial charge is 0.404 e. The minimum Gasteiger partial charge on any atom is -0.465 e. The van der Waals surface area contributed by atoms with Gasteiger partial charge in [-0.25, -0.2) is 18.7 Å². The molecule has 2 aliphatic rings. The third-order valence-corrected chi connectivity index (χ3v) is 10.2. The van der Waals surface area contributed by atoms with E-state index in [0.717, 1.165) is 32.0 Å². The summed E-state index contributed by atoms with van der Waals surface area (Å²) in [5.41, 5.74) is 2.44. The SMILES string of the molecule is CN(C)S(=O)(=O)n1cc(-c2ccc3nn(C)cc3c2Cl)c2nc(Br)c(N3[C@@H]4CC[C@H]3CC(NC(=O)O)C4)nc21. The number of piperidine rings is 1. The molecule has 2 fully saturated rings. The van der Waals surface area contributed by atoms with Crippen molar-refractivity contribution in [1.29, 1.82) is 0 Å². The summed E-state index contributed by atoms with van der Waals surface area (Å²) in [5, 5.41) is 17.4. The first-order chi connectivity index (χ1) is 18.5. The molecule has 15 heteroatoms. The van der Waals surface area contributed by atoms with Crippen LogP contribution in [0.5, 0.6) is 0 Å². The molecule has 2 aliphatic heterocycles. The maximum atomic E-state index is 13.4. The summed E-state index contributed by atoms with van der Waals surface area (Å²) in [5.74, 6) is 0.539. The minimum absolute atomic E-state index is 0.0550. The van der Waals surface area contributed by atoms with Crippen LogP contribution in [-0.4, -0.2) is 79.9 Å². The highest BCUT2D eigenvalue weighted by atomic mass is 79.9. The monoisotopic (exact) mass is 636 g/mol. The van der Waals surface area contributed by atoms with E-state index >= 15 is 0 Å². The van der Waals surface area contributed by atoms with Gasteiger partial charge in [-0.05, 0) is 47.7 Å². The Hall–Kier alpha value is -2.94. The highest BCUT2D eigenvalue weighted by molar-refractivity contribution is 9.10. The predicted octanol–water partition coefficient (Wildman–Crippen LogP) is 3.82. The summed E-state index contributed by atoms with van der Waals surface area (Å²) in [6.45, 7) is 0. The molecule has 2 saturated heterocycles. The molecule has 206 valence electrons. The molecule has 3 atom stereocenters. The zero-order chi connectivity index (χ0) is 27.8. The van der Waals surface area contributed by atoms with Gasteiger partial charge in [-0.1, -0.05) is 17.7 Å². The van der Waals surface area contributed by atoms with Gasteiger partial charge >= 0.3 is 16.3 Å². The second kappa shape index (κ2) is 9.32. The fourth-order valence-electron chi connectivity index (χ4n) is 5.89. The second-order valence-electron chi connectivity index (χ2n) is 10.2. The topological polar surface area (TPSA) is 138 Å². The maximum Gasteiger partial charge on any atom is 0.404 e. The number of hydrogen-bond donors (Lipinski definition) is 2. The van der Waals surface area contributed by atoms with Gasteiger partial charge in [-0.2, -0.15) is 17.8 Å². The van der Waals surface area contributed by atoms with Gasteiger partial charge in [-0.15, -0.1) is 0 Å². The van der Waals surface area contributed by atoms with Crippen molar-refractivity contribution >= 4 is 71.7 Å². The first kappa shape index (κ1) is 26.3. The van der Waals surface area contributed by atoms with Crippen LogP contribution < -0.4 is 10.2 Å². The number of carboxylic acid groups (broad SMARTS) is 1. The molecule has 0 aliphatic carbocycles. The van der Waals surface area contributed by atoms with E-state index in [0.29, 0.717) is 44.9 Å². The Labute approximate surface area is 237 Å². The highest BCUT2D eigenvalue weighted by Gasteiger charge is 2.43. The third-order valence-electron chi connectivity index (χ3n) is 7.57. The Morgan fingerprint density at radius 2 is 1.85 bits per heavy atom. The fourth-order valence-corrected chi connectivity index (χ4v) is 7.60. The van der Waals surface area contributed by atoms with Gasteiger partial charge < -0.3 is 15.3 Å². The molecule has 39 heavy (non-hydrogen) atoms. The van der Waals surface area contributed by atoms with Crippen LogP contribution in [0.25, 0.3) is 33.2 Å². The van der Waals surface area contributed by atoms with Crippen LogP contribution in [0.1, 0.15) is 25.7 Å². The van der Waals surface area contributed by atoms with Crippen molar-refractivity contribution in [2.75, 3.05) is 19.0 Å². The molecule has 2 N–H and O–H groups in total. The lowest BCUT2D eigenvalue weighted by Gasteiger charge is -2.39. The molecule has 6 rings (SSSR count). The molecule has 2 bridgehead atoms. The first-order valence-corrected chi connectivity index (χ1v) is 14.9. The van der Waals surface area contributed by atoms with Crippen molar-refractivity contribution < 1.29 is 18.3 Å². The summed E-state index contributed by atoms with van der Waals surface area (Å²) in [6, 6.07) is 3.62. The zero-order valence-corrected chi connectivity index (χ0v) is 24.5. The average molecular weight is 638 g/mol. The van der Waals surface area contributed by atoms with Crippen molar-refractivity contribution in [3.8, 4) is 11.1 Å². The number of nitrogens with zero attached hydrogens (tertiary/aromatic N) is 7. The molecule has 12 nitrogen and oxygen atoms in total. The maximum absolute atomic E-state index is 13.4. The Morgan fingerprint density at radius 3 is 2.49 bits per heavy atom. The molecule has 0 spiro atoms. The van der Waals surface area contributed by atoms with E-state index in [2.05, 4.69) is 31.2 Å². The zero-order valence-electron chi connectivity index (χ0n) is 21.3. The van der Waals surface area contributed by atoms with Crippen molar-refractivity contribution in [2.24, 2.45) is 7.05 Å². The van der Waals surface area contributed by atoms with Crippen molar-refractivity contribution in [3.05, 3.63) is 34.2 Å². The highest BCUT2D eigenvalue weighted by Crippen LogP contribution is 2.43. The van der Waals surface area contributed by atoms with Gasteiger partial charge in [0.25, 0.3) is 0 Å². The van der Waals surface area contributed by atoms with Gasteiger partial charge in [-0.3, -0.25) is 4.68 Å². The lowest BCUT2D eigenvalue weighted by molar-refractivity contribution is 0.185. The molecule has 3 aromatic heterocycles. The van der Waals surface area contributed by atoms with Gasteiger partial charge in [0.1, 0.15) is 10.1 Å². The molecule has 5 heterocycles. The quantitative estimate of drug-likeness (QED) is 0.337. The number of aryl methyl sites for hydroxylation is 1. The summed E-state index contributed by atoms with van der Waals surface area (Å²) in [4.78, 5) is 23.1. The second-order valence-corrected chi connectivity index (χ2v) is 13.4. The summed E-state index contributed by atoms with van der Waals surface area (Å²) in [7, 11) is 0.775. The van der Waals surface area contributed by atoms with Crippen LogP contribution >= 0.6 is 27.5 Å². The number of hydrogen-bond acceptors (Lipinski definition) is 7. The molecular formula is C24H26BrClN8O4S. The molecule has 0 saturated carbocycles. The number of rotatable bonds is 5. The normalized spacial score (nSPS) is 21.4. The van der Waals surface area contributed by atoms with E-state index in [1.807, 2.05) is 25.4 Å². The summed E-state index contributed by atoms with van der Waals surface area (Å²) < 4.78 is 31.3. The number of amides is 1. The number of halogens is 2. The van der Waals surface area contributed by atoms with E-state index in [4.69, 9.17) is 21.6 Å². The number of benzene rings is 1. The Kier molecular flexibility index (Phi) is 6.28. The minimum atomic E-state index is -3.96. The molecule has 4 aromatic rings. The Balaban J connectivity index is 1.53. The van der Waals surface area contributed by atoms with Gasteiger partial charge in [0, 0.05) is 68.2 Å². The third kappa shape index (κ3) is 4.24. The fraction of sp³-hybridized carbons (Fsp3) is 0.417. The number of aromatic nitrogens is 5. The van der Waals surface area contributed by atoms with E-state index in [-0.39, 0.29) is 23.8 Å². The Morgan fingerprint density at radius 1 is 1.15 bits per heavy atom. The molecule has 1 amide bonds.